The third-order valence-corrected chi connectivity index (χ3v) is 4.96. The molecule has 0 spiro atoms. The predicted octanol–water partition coefficient (Wildman–Crippen LogP) is 5.40. The molecule has 1 aromatic heterocycles. The van der Waals surface area contributed by atoms with Gasteiger partial charge in [0.25, 0.3) is 0 Å². The predicted molar refractivity (Wildman–Crippen MR) is 98.6 cm³/mol. The number of thiazole rings is 1. The van der Waals surface area contributed by atoms with Gasteiger partial charge in [-0.25, -0.2) is 4.98 Å². The summed E-state index contributed by atoms with van der Waals surface area (Å²) in [5.41, 5.74) is 1.67. The number of aromatic nitrogens is 1. The number of allylic oxidation sites excluding steroid dienone is 1. The standard InChI is InChI=1S/C20H12N2OS/c21-12-16(20-22-17-10-3-4-11-18(17)24-20)19(23)15-9-5-7-13-6-1-2-8-14(13)15/h1-11,23H/b19-16-. The molecule has 24 heavy (non-hydrogen) atoms. The van der Waals surface area contributed by atoms with Crippen LogP contribution in [0.4, 0.5) is 0 Å². The third-order valence-electron chi connectivity index (χ3n) is 3.90. The zero-order valence-electron chi connectivity index (χ0n) is 12.6. The molecule has 0 bridgehead atoms. The molecule has 1 heterocycles. The first-order valence-corrected chi connectivity index (χ1v) is 8.27. The smallest absolute Gasteiger partial charge is 0.144 e. The quantitative estimate of drug-likeness (QED) is 0.396. The van der Waals surface area contributed by atoms with Crippen molar-refractivity contribution in [2.24, 2.45) is 0 Å². The van der Waals surface area contributed by atoms with E-state index in [0.29, 0.717) is 10.6 Å². The molecular formula is C20H12N2OS. The van der Waals surface area contributed by atoms with Crippen molar-refractivity contribution in [1.82, 2.24) is 4.98 Å². The van der Waals surface area contributed by atoms with E-state index in [2.05, 4.69) is 11.1 Å². The summed E-state index contributed by atoms with van der Waals surface area (Å²) >= 11 is 1.41. The number of hydrogen-bond acceptors (Lipinski definition) is 4. The van der Waals surface area contributed by atoms with E-state index in [9.17, 15) is 10.4 Å². The zero-order chi connectivity index (χ0) is 16.5. The van der Waals surface area contributed by atoms with Gasteiger partial charge in [-0.05, 0) is 22.9 Å². The lowest BCUT2D eigenvalue weighted by Gasteiger charge is -2.07. The Labute approximate surface area is 142 Å². The molecule has 3 aromatic carbocycles. The first-order valence-electron chi connectivity index (χ1n) is 7.45. The summed E-state index contributed by atoms with van der Waals surface area (Å²) in [4.78, 5) is 4.49. The Balaban J connectivity index is 1.96. The van der Waals surface area contributed by atoms with E-state index in [1.165, 1.54) is 11.3 Å². The van der Waals surface area contributed by atoms with Gasteiger partial charge in [0.2, 0.25) is 0 Å². The second-order valence-corrected chi connectivity index (χ2v) is 6.38. The fraction of sp³-hybridized carbons (Fsp3) is 0. The molecule has 0 aliphatic rings. The Morgan fingerprint density at radius 1 is 0.958 bits per heavy atom. The Bertz CT molecular complexity index is 1100. The van der Waals surface area contributed by atoms with Crippen LogP contribution in [0.15, 0.2) is 66.7 Å². The van der Waals surface area contributed by atoms with Crippen molar-refractivity contribution in [3.8, 4) is 6.07 Å². The van der Waals surface area contributed by atoms with Crippen LogP contribution in [-0.4, -0.2) is 10.1 Å². The first-order chi connectivity index (χ1) is 11.8. The molecule has 0 radical (unpaired) electrons. The van der Waals surface area contributed by atoms with Crippen molar-refractivity contribution < 1.29 is 5.11 Å². The SMILES string of the molecule is N#C/C(=C(/O)c1cccc2ccccc12)c1nc2ccccc2s1. The van der Waals surface area contributed by atoms with E-state index >= 15 is 0 Å². The molecule has 0 unspecified atom stereocenters. The average Bonchev–Trinajstić information content (AvgIpc) is 3.05. The van der Waals surface area contributed by atoms with Gasteiger partial charge in [0.05, 0.1) is 10.2 Å². The first kappa shape index (κ1) is 14.4. The number of rotatable bonds is 2. The minimum atomic E-state index is -0.0339. The number of aliphatic hydroxyl groups is 1. The highest BCUT2D eigenvalue weighted by atomic mass is 32.1. The van der Waals surface area contributed by atoms with E-state index in [1.54, 1.807) is 0 Å². The van der Waals surface area contributed by atoms with Crippen LogP contribution >= 0.6 is 11.3 Å². The van der Waals surface area contributed by atoms with Crippen molar-refractivity contribution in [2.75, 3.05) is 0 Å². The molecule has 4 rings (SSSR count). The number of para-hydroxylation sites is 1. The number of hydrogen-bond donors (Lipinski definition) is 1. The molecule has 0 amide bonds. The molecule has 0 aliphatic carbocycles. The van der Waals surface area contributed by atoms with Crippen molar-refractivity contribution in [1.29, 1.82) is 5.26 Å². The van der Waals surface area contributed by atoms with E-state index in [-0.39, 0.29) is 11.3 Å². The van der Waals surface area contributed by atoms with Gasteiger partial charge in [0.15, 0.2) is 0 Å². The van der Waals surface area contributed by atoms with Crippen LogP contribution in [0.2, 0.25) is 0 Å². The Morgan fingerprint density at radius 2 is 1.71 bits per heavy atom. The lowest BCUT2D eigenvalue weighted by Crippen LogP contribution is -1.91. The number of fused-ring (bicyclic) bond motifs is 2. The van der Waals surface area contributed by atoms with Crippen LogP contribution in [0, 0.1) is 11.3 Å². The highest BCUT2D eigenvalue weighted by Gasteiger charge is 2.16. The summed E-state index contributed by atoms with van der Waals surface area (Å²) in [5.74, 6) is -0.0339. The van der Waals surface area contributed by atoms with E-state index in [0.717, 1.165) is 21.0 Å². The van der Waals surface area contributed by atoms with Crippen LogP contribution in [0.1, 0.15) is 10.6 Å². The highest BCUT2D eigenvalue weighted by Crippen LogP contribution is 2.33. The lowest BCUT2D eigenvalue weighted by molar-refractivity contribution is 0.515. The van der Waals surface area contributed by atoms with E-state index in [1.807, 2.05) is 66.7 Å². The van der Waals surface area contributed by atoms with Crippen molar-refractivity contribution in [3.63, 3.8) is 0 Å². The van der Waals surface area contributed by atoms with Gasteiger partial charge >= 0.3 is 0 Å². The molecule has 4 heteroatoms. The number of benzene rings is 3. The maximum Gasteiger partial charge on any atom is 0.144 e. The van der Waals surface area contributed by atoms with Crippen molar-refractivity contribution >= 4 is 43.7 Å². The van der Waals surface area contributed by atoms with Gasteiger partial charge in [-0.1, -0.05) is 54.6 Å². The fourth-order valence-electron chi connectivity index (χ4n) is 2.75. The molecule has 0 saturated heterocycles. The summed E-state index contributed by atoms with van der Waals surface area (Å²) < 4.78 is 0.992. The minimum Gasteiger partial charge on any atom is -0.506 e. The largest absolute Gasteiger partial charge is 0.506 e. The molecule has 0 atom stereocenters. The topological polar surface area (TPSA) is 56.9 Å². The summed E-state index contributed by atoms with van der Waals surface area (Å²) in [7, 11) is 0. The van der Waals surface area contributed by atoms with Gasteiger partial charge in [-0.3, -0.25) is 0 Å². The van der Waals surface area contributed by atoms with Crippen molar-refractivity contribution in [3.05, 3.63) is 77.3 Å². The molecule has 114 valence electrons. The number of nitrogens with zero attached hydrogens (tertiary/aromatic N) is 2. The second kappa shape index (κ2) is 5.80. The van der Waals surface area contributed by atoms with E-state index < -0.39 is 0 Å². The summed E-state index contributed by atoms with van der Waals surface area (Å²) in [6, 6.07) is 23.3. The van der Waals surface area contributed by atoms with E-state index in [4.69, 9.17) is 0 Å². The number of aliphatic hydroxyl groups excluding tert-OH is 1. The van der Waals surface area contributed by atoms with Crippen LogP contribution in [0.5, 0.6) is 0 Å². The molecule has 1 N–H and O–H groups in total. The molecular weight excluding hydrogens is 316 g/mol. The highest BCUT2D eigenvalue weighted by molar-refractivity contribution is 7.19. The third kappa shape index (κ3) is 2.32. The van der Waals surface area contributed by atoms with Crippen LogP contribution < -0.4 is 0 Å². The fourth-order valence-corrected chi connectivity index (χ4v) is 3.71. The Morgan fingerprint density at radius 3 is 2.54 bits per heavy atom. The van der Waals surface area contributed by atoms with Gasteiger partial charge < -0.3 is 5.11 Å². The molecule has 4 aromatic rings. The molecule has 0 aliphatic heterocycles. The maximum atomic E-state index is 10.8. The van der Waals surface area contributed by atoms with Gasteiger partial charge in [0.1, 0.15) is 22.4 Å². The molecule has 3 nitrogen and oxygen atoms in total. The van der Waals surface area contributed by atoms with Gasteiger partial charge in [-0.15, -0.1) is 11.3 Å². The summed E-state index contributed by atoms with van der Waals surface area (Å²) in [6.07, 6.45) is 0. The molecule has 0 saturated carbocycles. The normalized spacial score (nSPS) is 12.1. The minimum absolute atomic E-state index is 0.0339. The van der Waals surface area contributed by atoms with Crippen LogP contribution in [0.25, 0.3) is 32.3 Å². The Hall–Kier alpha value is -3.16. The summed E-state index contributed by atoms with van der Waals surface area (Å²) in [6.45, 7) is 0. The summed E-state index contributed by atoms with van der Waals surface area (Å²) in [5, 5.41) is 22.8. The monoisotopic (exact) mass is 328 g/mol. The van der Waals surface area contributed by atoms with Crippen LogP contribution in [-0.2, 0) is 0 Å². The zero-order valence-corrected chi connectivity index (χ0v) is 13.4. The van der Waals surface area contributed by atoms with Crippen LogP contribution in [0.3, 0.4) is 0 Å². The average molecular weight is 328 g/mol. The molecule has 0 fully saturated rings. The maximum absolute atomic E-state index is 10.8. The van der Waals surface area contributed by atoms with Gasteiger partial charge in [-0.2, -0.15) is 5.26 Å². The second-order valence-electron chi connectivity index (χ2n) is 5.35. The Kier molecular flexibility index (Phi) is 3.49. The van der Waals surface area contributed by atoms with Gasteiger partial charge in [0, 0.05) is 5.56 Å². The lowest BCUT2D eigenvalue weighted by atomic mass is 10.0. The number of nitriles is 1. The van der Waals surface area contributed by atoms with Crippen molar-refractivity contribution in [2.45, 2.75) is 0 Å².